The maximum atomic E-state index is 12.3. The Morgan fingerprint density at radius 1 is 1.19 bits per heavy atom. The van der Waals surface area contributed by atoms with Crippen LogP contribution in [0, 0.1) is 11.3 Å². The van der Waals surface area contributed by atoms with Crippen LogP contribution < -0.4 is 16.6 Å². The summed E-state index contributed by atoms with van der Waals surface area (Å²) >= 11 is 0. The topological polar surface area (TPSA) is 124 Å². The Bertz CT molecular complexity index is 1160. The van der Waals surface area contributed by atoms with Crippen LogP contribution in [0.25, 0.3) is 10.9 Å². The molecule has 1 saturated carbocycles. The van der Waals surface area contributed by atoms with E-state index in [4.69, 9.17) is 0 Å². The average molecular weight is 363 g/mol. The van der Waals surface area contributed by atoms with Crippen molar-refractivity contribution in [3.8, 4) is 6.07 Å². The molecule has 0 saturated heterocycles. The molecule has 0 unspecified atom stereocenters. The Labute approximate surface area is 153 Å². The van der Waals surface area contributed by atoms with Gasteiger partial charge >= 0.3 is 5.69 Å². The SMILES string of the molecule is N#Cc1cn(C2CCCC2)c2ccc(NC(=O)c3cc(=O)[nH]c(=O)[nH]3)cc12. The minimum atomic E-state index is -0.747. The van der Waals surface area contributed by atoms with Gasteiger partial charge in [-0.25, -0.2) is 4.79 Å². The quantitative estimate of drug-likeness (QED) is 0.660. The van der Waals surface area contributed by atoms with Crippen molar-refractivity contribution in [3.63, 3.8) is 0 Å². The number of carbonyl (C=O) groups excluding carboxylic acids is 1. The highest BCUT2D eigenvalue weighted by Gasteiger charge is 2.20. The maximum absolute atomic E-state index is 12.3. The summed E-state index contributed by atoms with van der Waals surface area (Å²) in [7, 11) is 0. The fraction of sp³-hybridized carbons (Fsp3) is 0.263. The minimum absolute atomic E-state index is 0.132. The summed E-state index contributed by atoms with van der Waals surface area (Å²) < 4.78 is 2.15. The fourth-order valence-electron chi connectivity index (χ4n) is 3.70. The number of aromatic amines is 2. The van der Waals surface area contributed by atoms with E-state index in [9.17, 15) is 19.6 Å². The number of nitrogens with zero attached hydrogens (tertiary/aromatic N) is 2. The van der Waals surface area contributed by atoms with Gasteiger partial charge < -0.3 is 14.9 Å². The van der Waals surface area contributed by atoms with Gasteiger partial charge in [0.2, 0.25) is 0 Å². The molecule has 0 atom stereocenters. The molecule has 1 fully saturated rings. The molecule has 0 bridgehead atoms. The Morgan fingerprint density at radius 3 is 2.67 bits per heavy atom. The van der Waals surface area contributed by atoms with E-state index in [1.54, 1.807) is 12.1 Å². The summed E-state index contributed by atoms with van der Waals surface area (Å²) in [5.74, 6) is -0.605. The molecule has 1 amide bonds. The number of carbonyl (C=O) groups is 1. The van der Waals surface area contributed by atoms with Crippen LogP contribution in [0.1, 0.15) is 47.8 Å². The Kier molecular flexibility index (Phi) is 4.12. The molecular formula is C19H17N5O3. The van der Waals surface area contributed by atoms with Crippen LogP contribution in [0.2, 0.25) is 0 Å². The second-order valence-corrected chi connectivity index (χ2v) is 6.69. The normalized spacial score (nSPS) is 14.3. The highest BCUT2D eigenvalue weighted by molar-refractivity contribution is 6.04. The summed E-state index contributed by atoms with van der Waals surface area (Å²) in [5.41, 5.74) is 0.462. The van der Waals surface area contributed by atoms with E-state index >= 15 is 0 Å². The van der Waals surface area contributed by atoms with Crippen LogP contribution in [0.4, 0.5) is 5.69 Å². The molecular weight excluding hydrogens is 346 g/mol. The number of amides is 1. The number of hydrogen-bond acceptors (Lipinski definition) is 4. The molecule has 1 aliphatic carbocycles. The standard InChI is InChI=1S/C19H17N5O3/c20-9-11-10-24(13-3-1-2-4-13)16-6-5-12(7-14(11)16)21-18(26)15-8-17(25)23-19(27)22-15/h5-8,10,13H,1-4H2,(H,21,26)(H2,22,23,25,27). The van der Waals surface area contributed by atoms with Crippen molar-refractivity contribution < 1.29 is 4.79 Å². The first-order valence-corrected chi connectivity index (χ1v) is 8.75. The van der Waals surface area contributed by atoms with Gasteiger partial charge in [-0.15, -0.1) is 0 Å². The third-order valence-corrected chi connectivity index (χ3v) is 4.93. The van der Waals surface area contributed by atoms with E-state index in [-0.39, 0.29) is 5.69 Å². The van der Waals surface area contributed by atoms with Crippen LogP contribution in [-0.2, 0) is 0 Å². The van der Waals surface area contributed by atoms with Crippen molar-refractivity contribution in [2.45, 2.75) is 31.7 Å². The number of benzene rings is 1. The zero-order chi connectivity index (χ0) is 19.0. The number of fused-ring (bicyclic) bond motifs is 1. The van der Waals surface area contributed by atoms with E-state index in [1.165, 1.54) is 12.8 Å². The Morgan fingerprint density at radius 2 is 1.96 bits per heavy atom. The number of aromatic nitrogens is 3. The van der Waals surface area contributed by atoms with Crippen LogP contribution in [0.15, 0.2) is 40.1 Å². The van der Waals surface area contributed by atoms with Gasteiger partial charge in [0.1, 0.15) is 11.8 Å². The molecule has 27 heavy (non-hydrogen) atoms. The first-order valence-electron chi connectivity index (χ1n) is 8.75. The number of anilines is 1. The summed E-state index contributed by atoms with van der Waals surface area (Å²) in [5, 5.41) is 12.9. The van der Waals surface area contributed by atoms with Gasteiger partial charge in [-0.05, 0) is 31.0 Å². The van der Waals surface area contributed by atoms with Gasteiger partial charge in [0.05, 0.1) is 5.56 Å². The summed E-state index contributed by atoms with van der Waals surface area (Å²) in [6, 6.07) is 9.00. The van der Waals surface area contributed by atoms with Crippen molar-refractivity contribution in [2.24, 2.45) is 0 Å². The van der Waals surface area contributed by atoms with Gasteiger partial charge in [0.15, 0.2) is 0 Å². The first-order chi connectivity index (χ1) is 13.0. The largest absolute Gasteiger partial charge is 0.343 e. The first kappa shape index (κ1) is 16.8. The van der Waals surface area contributed by atoms with Crippen LogP contribution in [0.5, 0.6) is 0 Å². The third kappa shape index (κ3) is 3.15. The third-order valence-electron chi connectivity index (χ3n) is 4.93. The highest BCUT2D eigenvalue weighted by Crippen LogP contribution is 2.35. The second-order valence-electron chi connectivity index (χ2n) is 6.69. The van der Waals surface area contributed by atoms with Gasteiger partial charge in [-0.1, -0.05) is 12.8 Å². The zero-order valence-electron chi connectivity index (χ0n) is 14.4. The second kappa shape index (κ2) is 6.61. The molecule has 8 nitrogen and oxygen atoms in total. The molecule has 3 N–H and O–H groups in total. The zero-order valence-corrected chi connectivity index (χ0v) is 14.4. The summed E-state index contributed by atoms with van der Waals surface area (Å²) in [6.07, 6.45) is 6.45. The molecule has 3 aromatic rings. The Hall–Kier alpha value is -3.60. The lowest BCUT2D eigenvalue weighted by Gasteiger charge is -2.13. The van der Waals surface area contributed by atoms with Crippen LogP contribution in [0.3, 0.4) is 0 Å². The maximum Gasteiger partial charge on any atom is 0.326 e. The molecule has 0 radical (unpaired) electrons. The monoisotopic (exact) mass is 363 g/mol. The van der Waals surface area contributed by atoms with E-state index in [0.29, 0.717) is 17.3 Å². The minimum Gasteiger partial charge on any atom is -0.343 e. The molecule has 1 aromatic carbocycles. The lowest BCUT2D eigenvalue weighted by atomic mass is 10.1. The summed E-state index contributed by atoms with van der Waals surface area (Å²) in [4.78, 5) is 39.3. The van der Waals surface area contributed by atoms with Crippen molar-refractivity contribution in [1.29, 1.82) is 5.26 Å². The molecule has 0 aliphatic heterocycles. The van der Waals surface area contributed by atoms with E-state index in [0.717, 1.165) is 29.8 Å². The van der Waals surface area contributed by atoms with Crippen LogP contribution in [-0.4, -0.2) is 20.4 Å². The number of rotatable bonds is 3. The van der Waals surface area contributed by atoms with Crippen molar-refractivity contribution in [2.75, 3.05) is 5.32 Å². The number of nitriles is 1. The van der Waals surface area contributed by atoms with Crippen molar-refractivity contribution in [3.05, 3.63) is 62.6 Å². The highest BCUT2D eigenvalue weighted by atomic mass is 16.2. The van der Waals surface area contributed by atoms with E-state index in [1.807, 2.05) is 17.2 Å². The van der Waals surface area contributed by atoms with Gasteiger partial charge in [0, 0.05) is 34.9 Å². The molecule has 0 spiro atoms. The summed E-state index contributed by atoms with van der Waals surface area (Å²) in [6.45, 7) is 0. The van der Waals surface area contributed by atoms with Gasteiger partial charge in [-0.2, -0.15) is 5.26 Å². The van der Waals surface area contributed by atoms with Crippen LogP contribution >= 0.6 is 0 Å². The molecule has 136 valence electrons. The predicted octanol–water partition coefficient (Wildman–Crippen LogP) is 2.26. The average Bonchev–Trinajstić information content (AvgIpc) is 3.28. The number of H-pyrrole nitrogens is 2. The Balaban J connectivity index is 1.69. The molecule has 2 aromatic heterocycles. The lowest BCUT2D eigenvalue weighted by molar-refractivity contribution is 0.102. The fourth-order valence-corrected chi connectivity index (χ4v) is 3.70. The molecule has 4 rings (SSSR count). The van der Waals surface area contributed by atoms with E-state index in [2.05, 4.69) is 20.9 Å². The van der Waals surface area contributed by atoms with Crippen molar-refractivity contribution >= 4 is 22.5 Å². The smallest absolute Gasteiger partial charge is 0.326 e. The number of nitrogens with one attached hydrogen (secondary N) is 3. The molecule has 1 aliphatic rings. The molecule has 8 heteroatoms. The van der Waals surface area contributed by atoms with Gasteiger partial charge in [-0.3, -0.25) is 14.6 Å². The van der Waals surface area contributed by atoms with E-state index < -0.39 is 17.2 Å². The number of hydrogen-bond donors (Lipinski definition) is 3. The van der Waals surface area contributed by atoms with Gasteiger partial charge in [0.25, 0.3) is 11.5 Å². The molecule has 2 heterocycles. The lowest BCUT2D eigenvalue weighted by Crippen LogP contribution is -2.27. The van der Waals surface area contributed by atoms with Crippen molar-refractivity contribution in [1.82, 2.24) is 14.5 Å². The predicted molar refractivity (Wildman–Crippen MR) is 99.8 cm³/mol.